The fourth-order valence-corrected chi connectivity index (χ4v) is 1.00. The molecule has 0 aliphatic rings. The molecule has 0 aromatic rings. The minimum atomic E-state index is -2.33. The van der Waals surface area contributed by atoms with Crippen molar-refractivity contribution in [3.05, 3.63) is 0 Å². The van der Waals surface area contributed by atoms with E-state index >= 15 is 0 Å². The van der Waals surface area contributed by atoms with Gasteiger partial charge in [-0.1, -0.05) is 12.2 Å². The first-order valence-corrected chi connectivity index (χ1v) is 4.14. The van der Waals surface area contributed by atoms with Gasteiger partial charge in [0.1, 0.15) is 0 Å². The van der Waals surface area contributed by atoms with Gasteiger partial charge in [0.05, 0.1) is 11.5 Å². The SMILES string of the molecule is CC(C)N(CC(N)=S)CC(F)F. The molecule has 0 radical (unpaired) electrons. The van der Waals surface area contributed by atoms with Crippen LogP contribution in [0.2, 0.25) is 0 Å². The van der Waals surface area contributed by atoms with E-state index in [1.54, 1.807) is 4.90 Å². The van der Waals surface area contributed by atoms with Gasteiger partial charge in [-0.3, -0.25) is 4.90 Å². The molecule has 0 aliphatic carbocycles. The maximum Gasteiger partial charge on any atom is 0.251 e. The van der Waals surface area contributed by atoms with Crippen LogP contribution in [0.1, 0.15) is 13.8 Å². The van der Waals surface area contributed by atoms with Gasteiger partial charge in [0.25, 0.3) is 6.43 Å². The highest BCUT2D eigenvalue weighted by molar-refractivity contribution is 7.80. The van der Waals surface area contributed by atoms with E-state index in [1.807, 2.05) is 13.8 Å². The minimum Gasteiger partial charge on any atom is -0.392 e. The van der Waals surface area contributed by atoms with Crippen LogP contribution in [0, 0.1) is 0 Å². The summed E-state index contributed by atoms with van der Waals surface area (Å²) in [5.41, 5.74) is 5.25. The van der Waals surface area contributed by atoms with Crippen molar-refractivity contribution in [3.8, 4) is 0 Å². The molecule has 5 heteroatoms. The molecule has 2 nitrogen and oxygen atoms in total. The van der Waals surface area contributed by atoms with Gasteiger partial charge in [-0.25, -0.2) is 8.78 Å². The Morgan fingerprint density at radius 1 is 1.50 bits per heavy atom. The zero-order chi connectivity index (χ0) is 9.72. The van der Waals surface area contributed by atoms with Crippen molar-refractivity contribution in [1.29, 1.82) is 0 Å². The van der Waals surface area contributed by atoms with E-state index in [0.717, 1.165) is 0 Å². The second-order valence-electron chi connectivity index (χ2n) is 2.88. The van der Waals surface area contributed by atoms with Crippen LogP contribution in [-0.2, 0) is 0 Å². The van der Waals surface area contributed by atoms with Crippen LogP contribution in [0.15, 0.2) is 0 Å². The maximum absolute atomic E-state index is 12.0. The number of hydrogen-bond donors (Lipinski definition) is 1. The lowest BCUT2D eigenvalue weighted by atomic mass is 10.3. The van der Waals surface area contributed by atoms with Crippen molar-refractivity contribution in [2.24, 2.45) is 5.73 Å². The molecular formula is C7H14F2N2S. The molecular weight excluding hydrogens is 182 g/mol. The van der Waals surface area contributed by atoms with Crippen LogP contribution in [0.25, 0.3) is 0 Å². The first kappa shape index (κ1) is 11.7. The summed E-state index contributed by atoms with van der Waals surface area (Å²) in [6, 6.07) is 0.0421. The Bertz CT molecular complexity index is 150. The van der Waals surface area contributed by atoms with Gasteiger partial charge in [0.15, 0.2) is 0 Å². The highest BCUT2D eigenvalue weighted by Gasteiger charge is 2.15. The fourth-order valence-electron chi connectivity index (χ4n) is 0.835. The molecule has 0 spiro atoms. The predicted molar refractivity (Wildman–Crippen MR) is 49.5 cm³/mol. The van der Waals surface area contributed by atoms with Crippen molar-refractivity contribution >= 4 is 17.2 Å². The first-order valence-electron chi connectivity index (χ1n) is 3.74. The summed E-state index contributed by atoms with van der Waals surface area (Å²) in [6.45, 7) is 3.66. The molecule has 12 heavy (non-hydrogen) atoms. The van der Waals surface area contributed by atoms with E-state index in [-0.39, 0.29) is 24.1 Å². The van der Waals surface area contributed by atoms with E-state index < -0.39 is 6.43 Å². The molecule has 0 rings (SSSR count). The molecule has 0 aromatic carbocycles. The lowest BCUT2D eigenvalue weighted by molar-refractivity contribution is 0.0821. The van der Waals surface area contributed by atoms with E-state index in [9.17, 15) is 8.78 Å². The van der Waals surface area contributed by atoms with E-state index in [4.69, 9.17) is 5.73 Å². The summed E-state index contributed by atoms with van der Waals surface area (Å²) >= 11 is 4.64. The highest BCUT2D eigenvalue weighted by atomic mass is 32.1. The fraction of sp³-hybridized carbons (Fsp3) is 0.857. The Morgan fingerprint density at radius 3 is 2.25 bits per heavy atom. The number of alkyl halides is 2. The van der Waals surface area contributed by atoms with Gasteiger partial charge < -0.3 is 5.73 Å². The summed E-state index contributed by atoms with van der Waals surface area (Å²) in [7, 11) is 0. The Kier molecular flexibility index (Phi) is 5.24. The monoisotopic (exact) mass is 196 g/mol. The average molecular weight is 196 g/mol. The third-order valence-corrected chi connectivity index (χ3v) is 1.59. The molecule has 0 amide bonds. The lowest BCUT2D eigenvalue weighted by Gasteiger charge is -2.24. The van der Waals surface area contributed by atoms with E-state index in [1.165, 1.54) is 0 Å². The Hall–Kier alpha value is -0.290. The molecule has 0 atom stereocenters. The molecule has 0 saturated heterocycles. The highest BCUT2D eigenvalue weighted by Crippen LogP contribution is 2.02. The van der Waals surface area contributed by atoms with Crippen LogP contribution in [0.4, 0.5) is 8.78 Å². The molecule has 0 aliphatic heterocycles. The van der Waals surface area contributed by atoms with Crippen molar-refractivity contribution in [2.45, 2.75) is 26.3 Å². The third kappa shape index (κ3) is 5.37. The lowest BCUT2D eigenvalue weighted by Crippen LogP contribution is -2.40. The van der Waals surface area contributed by atoms with E-state index in [2.05, 4.69) is 12.2 Å². The van der Waals surface area contributed by atoms with E-state index in [0.29, 0.717) is 0 Å². The van der Waals surface area contributed by atoms with Crippen molar-refractivity contribution in [1.82, 2.24) is 4.90 Å². The summed E-state index contributed by atoms with van der Waals surface area (Å²) < 4.78 is 23.9. The molecule has 0 aromatic heterocycles. The summed E-state index contributed by atoms with van der Waals surface area (Å²) in [5, 5.41) is 0. The van der Waals surface area contributed by atoms with Crippen LogP contribution in [0.3, 0.4) is 0 Å². The zero-order valence-electron chi connectivity index (χ0n) is 7.26. The van der Waals surface area contributed by atoms with Crippen LogP contribution >= 0.6 is 12.2 Å². The smallest absolute Gasteiger partial charge is 0.251 e. The van der Waals surface area contributed by atoms with Crippen LogP contribution < -0.4 is 5.73 Å². The predicted octanol–water partition coefficient (Wildman–Crippen LogP) is 1.25. The number of rotatable bonds is 5. The minimum absolute atomic E-state index is 0.0421. The van der Waals surface area contributed by atoms with Crippen LogP contribution in [-0.4, -0.2) is 35.4 Å². The number of hydrogen-bond acceptors (Lipinski definition) is 2. The number of nitrogens with two attached hydrogens (primary N) is 1. The maximum atomic E-state index is 12.0. The van der Waals surface area contributed by atoms with Crippen molar-refractivity contribution in [3.63, 3.8) is 0 Å². The second-order valence-corrected chi connectivity index (χ2v) is 3.40. The second kappa shape index (κ2) is 5.37. The normalized spacial score (nSPS) is 11.6. The van der Waals surface area contributed by atoms with Gasteiger partial charge in [-0.15, -0.1) is 0 Å². The van der Waals surface area contributed by atoms with Crippen molar-refractivity contribution < 1.29 is 8.78 Å². The Morgan fingerprint density at radius 2 is 2.00 bits per heavy atom. The molecule has 0 saturated carbocycles. The summed E-state index contributed by atoms with van der Waals surface area (Å²) in [5.74, 6) is 0. The number of halogens is 2. The standard InChI is InChI=1S/C7H14F2N2S/c1-5(2)11(3-6(8)9)4-7(10)12/h5-6H,3-4H2,1-2H3,(H2,10,12). The Labute approximate surface area is 76.7 Å². The summed E-state index contributed by atoms with van der Waals surface area (Å²) in [4.78, 5) is 1.80. The van der Waals surface area contributed by atoms with Crippen molar-refractivity contribution in [2.75, 3.05) is 13.1 Å². The van der Waals surface area contributed by atoms with Crippen LogP contribution in [0.5, 0.6) is 0 Å². The molecule has 0 bridgehead atoms. The zero-order valence-corrected chi connectivity index (χ0v) is 8.07. The average Bonchev–Trinajstić information content (AvgIpc) is 1.83. The van der Waals surface area contributed by atoms with Gasteiger partial charge >= 0.3 is 0 Å². The summed E-state index contributed by atoms with van der Waals surface area (Å²) in [6.07, 6.45) is -2.33. The van der Waals surface area contributed by atoms with Gasteiger partial charge in [-0.2, -0.15) is 0 Å². The molecule has 72 valence electrons. The topological polar surface area (TPSA) is 29.3 Å². The number of nitrogens with zero attached hydrogens (tertiary/aromatic N) is 1. The molecule has 2 N–H and O–H groups in total. The quantitative estimate of drug-likeness (QED) is 0.671. The first-order chi connectivity index (χ1) is 5.43. The van der Waals surface area contributed by atoms with Gasteiger partial charge in [0, 0.05) is 12.6 Å². The van der Waals surface area contributed by atoms with Gasteiger partial charge in [-0.05, 0) is 13.8 Å². The molecule has 0 unspecified atom stereocenters. The molecule has 0 fully saturated rings. The molecule has 0 heterocycles. The Balaban J connectivity index is 3.95. The largest absolute Gasteiger partial charge is 0.392 e. The van der Waals surface area contributed by atoms with Gasteiger partial charge in [0.2, 0.25) is 0 Å². The number of thiocarbonyl (C=S) groups is 1. The third-order valence-electron chi connectivity index (χ3n) is 1.46.